The number of hydrogen-bond acceptors (Lipinski definition) is 0. The second-order valence-corrected chi connectivity index (χ2v) is 16.5. The monoisotopic (exact) mass is 731 g/mol. The van der Waals surface area contributed by atoms with Gasteiger partial charge in [0.25, 0.3) is 0 Å². The molecule has 0 atom stereocenters. The number of aryl methyl sites for hydroxylation is 4. The first-order valence-corrected chi connectivity index (χ1v) is 23.4. The van der Waals surface area contributed by atoms with Crippen molar-refractivity contribution in [1.82, 2.24) is 0 Å². The summed E-state index contributed by atoms with van der Waals surface area (Å²) in [5, 5.41) is 0. The molecule has 0 aliphatic rings. The van der Waals surface area contributed by atoms with Crippen LogP contribution in [0.15, 0.2) is 60.7 Å². The molecule has 0 spiro atoms. The maximum Gasteiger partial charge on any atom is -0.0222 e. The molecule has 3 aromatic carbocycles. The van der Waals surface area contributed by atoms with Crippen molar-refractivity contribution in [3.8, 4) is 0 Å². The van der Waals surface area contributed by atoms with E-state index in [0.29, 0.717) is 0 Å². The fourth-order valence-corrected chi connectivity index (χ4v) is 7.87. The zero-order chi connectivity index (χ0) is 38.3. The molecule has 3 rings (SSSR count). The summed E-state index contributed by atoms with van der Waals surface area (Å²) in [5.41, 5.74) is 11.5. The van der Waals surface area contributed by atoms with Gasteiger partial charge in [0.15, 0.2) is 0 Å². The first kappa shape index (κ1) is 45.5. The Bertz CT molecular complexity index is 1290. The van der Waals surface area contributed by atoms with Crippen molar-refractivity contribution in [2.75, 3.05) is 0 Å². The molecule has 0 fully saturated rings. The normalized spacial score (nSPS) is 11.8. The first-order valence-electron chi connectivity index (χ1n) is 23.4. The lowest BCUT2D eigenvalue weighted by atomic mass is 9.95. The molecule has 0 heteroatoms. The first-order chi connectivity index (χ1) is 26.7. The number of unbranched alkanes of at least 4 members (excludes halogenated alkanes) is 20. The van der Waals surface area contributed by atoms with E-state index in [-0.39, 0.29) is 0 Å². The Labute approximate surface area is 335 Å². The van der Waals surface area contributed by atoms with Crippen molar-refractivity contribution in [1.29, 1.82) is 0 Å². The van der Waals surface area contributed by atoms with Gasteiger partial charge in [-0.3, -0.25) is 0 Å². The Morgan fingerprint density at radius 2 is 0.593 bits per heavy atom. The summed E-state index contributed by atoms with van der Waals surface area (Å²) in [6.45, 7) is 9.22. The fourth-order valence-electron chi connectivity index (χ4n) is 7.87. The summed E-state index contributed by atoms with van der Waals surface area (Å²) < 4.78 is 0. The molecule has 0 unspecified atom stereocenters. The second kappa shape index (κ2) is 30.4. The Morgan fingerprint density at radius 3 is 0.926 bits per heavy atom. The minimum absolute atomic E-state index is 1.19. The number of benzene rings is 3. The van der Waals surface area contributed by atoms with E-state index < -0.39 is 0 Å². The molecule has 54 heavy (non-hydrogen) atoms. The average Bonchev–Trinajstić information content (AvgIpc) is 3.20. The van der Waals surface area contributed by atoms with Crippen molar-refractivity contribution in [2.45, 2.75) is 207 Å². The van der Waals surface area contributed by atoms with Crippen LogP contribution < -0.4 is 0 Å². The van der Waals surface area contributed by atoms with Gasteiger partial charge in [0.2, 0.25) is 0 Å². The van der Waals surface area contributed by atoms with Gasteiger partial charge < -0.3 is 0 Å². The van der Waals surface area contributed by atoms with Crippen molar-refractivity contribution >= 4 is 24.3 Å². The lowest BCUT2D eigenvalue weighted by Gasteiger charge is -2.10. The summed E-state index contributed by atoms with van der Waals surface area (Å²) in [4.78, 5) is 0. The van der Waals surface area contributed by atoms with E-state index in [2.05, 4.69) is 113 Å². The van der Waals surface area contributed by atoms with E-state index in [9.17, 15) is 0 Å². The maximum atomic E-state index is 2.50. The van der Waals surface area contributed by atoms with E-state index in [0.717, 1.165) is 0 Å². The predicted octanol–water partition coefficient (Wildman–Crippen LogP) is 17.6. The van der Waals surface area contributed by atoms with Gasteiger partial charge >= 0.3 is 0 Å². The van der Waals surface area contributed by atoms with E-state index in [4.69, 9.17) is 0 Å². The highest BCUT2D eigenvalue weighted by atomic mass is 14.1. The molecule has 0 radical (unpaired) electrons. The van der Waals surface area contributed by atoms with E-state index >= 15 is 0 Å². The molecule has 0 bridgehead atoms. The molecule has 3 aromatic rings. The van der Waals surface area contributed by atoms with Gasteiger partial charge in [0.1, 0.15) is 0 Å². The molecular formula is C54H82. The van der Waals surface area contributed by atoms with Crippen LogP contribution in [0.4, 0.5) is 0 Å². The van der Waals surface area contributed by atoms with Crippen LogP contribution in [0.1, 0.15) is 226 Å². The summed E-state index contributed by atoms with van der Waals surface area (Å²) >= 11 is 0. The fraction of sp³-hybridized carbons (Fsp3) is 0.593. The van der Waals surface area contributed by atoms with Crippen LogP contribution in [0.25, 0.3) is 24.3 Å². The minimum atomic E-state index is 1.19. The minimum Gasteiger partial charge on any atom is -0.0654 e. The summed E-state index contributed by atoms with van der Waals surface area (Å²) in [6.07, 6.45) is 46.7. The van der Waals surface area contributed by atoms with E-state index in [1.54, 1.807) is 0 Å². The molecule has 0 aliphatic carbocycles. The Balaban J connectivity index is 1.68. The van der Waals surface area contributed by atoms with Crippen molar-refractivity contribution < 1.29 is 0 Å². The largest absolute Gasteiger partial charge is 0.0654 e. The number of rotatable bonds is 32. The number of hydrogen-bond donors (Lipinski definition) is 0. The molecule has 0 saturated heterocycles. The van der Waals surface area contributed by atoms with Crippen molar-refractivity contribution in [3.63, 3.8) is 0 Å². The molecule has 0 heterocycles. The Morgan fingerprint density at radius 1 is 0.296 bits per heavy atom. The average molecular weight is 731 g/mol. The van der Waals surface area contributed by atoms with Gasteiger partial charge in [0, 0.05) is 0 Å². The molecule has 298 valence electrons. The Kier molecular flexibility index (Phi) is 25.6. The highest BCUT2D eigenvalue weighted by Gasteiger charge is 2.06. The lowest BCUT2D eigenvalue weighted by Crippen LogP contribution is -1.94. The SMILES string of the molecule is CCCCCCCCc1ccc(CCCCCCCC)c(C=Cc2ccc(C=Cc3cc(CCCCCCCC)ccc3CCCCCCCC)cc2)c1. The maximum absolute atomic E-state index is 2.50. The van der Waals surface area contributed by atoms with E-state index in [1.807, 2.05) is 0 Å². The van der Waals surface area contributed by atoms with Crippen molar-refractivity contribution in [2.24, 2.45) is 0 Å². The smallest absolute Gasteiger partial charge is 0.0222 e. The van der Waals surface area contributed by atoms with Crippen LogP contribution in [0, 0.1) is 0 Å². The third-order valence-corrected chi connectivity index (χ3v) is 11.5. The zero-order valence-electron chi connectivity index (χ0n) is 35.9. The zero-order valence-corrected chi connectivity index (χ0v) is 35.9. The summed E-state index contributed by atoms with van der Waals surface area (Å²) in [7, 11) is 0. The van der Waals surface area contributed by atoms with Crippen LogP contribution in [-0.4, -0.2) is 0 Å². The quantitative estimate of drug-likeness (QED) is 0.0443. The van der Waals surface area contributed by atoms with Crippen LogP contribution in [0.2, 0.25) is 0 Å². The van der Waals surface area contributed by atoms with Crippen LogP contribution in [0.3, 0.4) is 0 Å². The van der Waals surface area contributed by atoms with Gasteiger partial charge in [-0.05, 0) is 95.9 Å². The highest BCUT2D eigenvalue weighted by molar-refractivity contribution is 5.74. The van der Waals surface area contributed by atoms with Gasteiger partial charge in [-0.15, -0.1) is 0 Å². The van der Waals surface area contributed by atoms with Crippen molar-refractivity contribution in [3.05, 3.63) is 105 Å². The molecule has 0 nitrogen and oxygen atoms in total. The third-order valence-electron chi connectivity index (χ3n) is 11.5. The highest BCUT2D eigenvalue weighted by Crippen LogP contribution is 2.23. The summed E-state index contributed by atoms with van der Waals surface area (Å²) in [5.74, 6) is 0. The standard InChI is InChI=1S/C54H82/c1-5-9-13-17-21-25-29-49-39-41-51(31-27-23-19-15-11-7-3)53(45-49)43-37-47-33-35-48(36-34-47)38-44-54-46-50(30-26-22-18-14-10-6-2)40-42-52(54)32-28-24-20-16-12-8-4/h33-46H,5-32H2,1-4H3. The molecule has 0 N–H and O–H groups in total. The van der Waals surface area contributed by atoms with E-state index in [1.165, 1.54) is 224 Å². The van der Waals surface area contributed by atoms with Gasteiger partial charge in [0.05, 0.1) is 0 Å². The van der Waals surface area contributed by atoms with Crippen LogP contribution in [-0.2, 0) is 25.7 Å². The third kappa shape index (κ3) is 20.2. The predicted molar refractivity (Wildman–Crippen MR) is 246 cm³/mol. The topological polar surface area (TPSA) is 0 Å². The van der Waals surface area contributed by atoms with Crippen LogP contribution in [0.5, 0.6) is 0 Å². The van der Waals surface area contributed by atoms with Gasteiger partial charge in [-0.25, -0.2) is 0 Å². The van der Waals surface area contributed by atoms with Gasteiger partial charge in [-0.2, -0.15) is 0 Å². The summed E-state index contributed by atoms with van der Waals surface area (Å²) in [6, 6.07) is 23.9. The second-order valence-electron chi connectivity index (χ2n) is 16.5. The molecule has 0 aliphatic heterocycles. The molecular weight excluding hydrogens is 649 g/mol. The molecule has 0 amide bonds. The Hall–Kier alpha value is -2.86. The molecule has 0 saturated carbocycles. The molecule has 0 aromatic heterocycles. The lowest BCUT2D eigenvalue weighted by molar-refractivity contribution is 0.606. The van der Waals surface area contributed by atoms with Gasteiger partial charge in [-0.1, -0.05) is 241 Å². The van der Waals surface area contributed by atoms with Crippen LogP contribution >= 0.6 is 0 Å².